The molecule has 1 unspecified atom stereocenters. The van der Waals surface area contributed by atoms with Gasteiger partial charge in [-0.3, -0.25) is 9.59 Å². The van der Waals surface area contributed by atoms with Crippen molar-refractivity contribution in [2.45, 2.75) is 46.1 Å². The average molecular weight is 353 g/mol. The number of ether oxygens (including phenoxy) is 1. The predicted molar refractivity (Wildman–Crippen MR) is 93.8 cm³/mol. The van der Waals surface area contributed by atoms with Gasteiger partial charge in [0, 0.05) is 36.9 Å². The van der Waals surface area contributed by atoms with E-state index in [9.17, 15) is 9.59 Å². The van der Waals surface area contributed by atoms with Crippen molar-refractivity contribution >= 4 is 23.2 Å². The maximum absolute atomic E-state index is 12.1. The molecule has 0 bridgehead atoms. The van der Waals surface area contributed by atoms with Gasteiger partial charge < -0.3 is 15.0 Å². The zero-order valence-corrected chi connectivity index (χ0v) is 15.5. The summed E-state index contributed by atoms with van der Waals surface area (Å²) in [6.45, 7) is 8.32. The number of carbonyl (C=O) groups excluding carboxylic acids is 2. The van der Waals surface area contributed by atoms with Crippen LogP contribution in [0.5, 0.6) is 0 Å². The maximum atomic E-state index is 12.1. The van der Waals surface area contributed by atoms with Crippen LogP contribution in [0.25, 0.3) is 0 Å². The van der Waals surface area contributed by atoms with Crippen molar-refractivity contribution in [3.8, 4) is 0 Å². The van der Waals surface area contributed by atoms with Gasteiger partial charge in [-0.05, 0) is 19.8 Å². The number of amides is 2. The molecule has 1 saturated heterocycles. The van der Waals surface area contributed by atoms with Crippen molar-refractivity contribution < 1.29 is 14.3 Å². The van der Waals surface area contributed by atoms with Crippen molar-refractivity contribution in [1.29, 1.82) is 0 Å². The number of thiazole rings is 1. The lowest BCUT2D eigenvalue weighted by molar-refractivity contribution is -0.137. The number of rotatable bonds is 7. The third-order valence-electron chi connectivity index (χ3n) is 4.09. The molecule has 1 aliphatic heterocycles. The molecule has 0 aromatic carbocycles. The summed E-state index contributed by atoms with van der Waals surface area (Å²) in [5.41, 5.74) is 0.891. The van der Waals surface area contributed by atoms with Crippen LogP contribution in [0, 0.1) is 5.92 Å². The third-order valence-corrected chi connectivity index (χ3v) is 5.15. The van der Waals surface area contributed by atoms with Gasteiger partial charge in [-0.2, -0.15) is 0 Å². The number of likely N-dealkylation sites (tertiary alicyclic amines) is 1. The Morgan fingerprint density at radius 1 is 1.50 bits per heavy atom. The molecule has 24 heavy (non-hydrogen) atoms. The summed E-state index contributed by atoms with van der Waals surface area (Å²) in [7, 11) is 0. The highest BCUT2D eigenvalue weighted by molar-refractivity contribution is 7.09. The van der Waals surface area contributed by atoms with Crippen LogP contribution in [-0.4, -0.2) is 48.0 Å². The SMILES string of the molecule is CCOCC(=O)N1CCCC(c2nc(CNC(=O)C(C)C)cs2)C1. The molecule has 0 radical (unpaired) electrons. The summed E-state index contributed by atoms with van der Waals surface area (Å²) in [6, 6.07) is 0. The van der Waals surface area contributed by atoms with Crippen molar-refractivity contribution in [1.82, 2.24) is 15.2 Å². The quantitative estimate of drug-likeness (QED) is 0.815. The average Bonchev–Trinajstić information content (AvgIpc) is 3.06. The van der Waals surface area contributed by atoms with Crippen LogP contribution in [0.3, 0.4) is 0 Å². The Bertz CT molecular complexity index is 559. The minimum Gasteiger partial charge on any atom is -0.372 e. The summed E-state index contributed by atoms with van der Waals surface area (Å²) < 4.78 is 5.22. The second-order valence-electron chi connectivity index (χ2n) is 6.37. The molecule has 2 amide bonds. The van der Waals surface area contributed by atoms with Crippen LogP contribution in [0.2, 0.25) is 0 Å². The van der Waals surface area contributed by atoms with Gasteiger partial charge in [-0.15, -0.1) is 11.3 Å². The molecule has 1 aromatic heterocycles. The molecule has 1 aliphatic rings. The molecule has 1 atom stereocenters. The van der Waals surface area contributed by atoms with Crippen molar-refractivity contribution in [3.05, 3.63) is 16.1 Å². The Hall–Kier alpha value is -1.47. The van der Waals surface area contributed by atoms with E-state index in [1.54, 1.807) is 11.3 Å². The first kappa shape index (κ1) is 18.9. The van der Waals surface area contributed by atoms with Gasteiger partial charge in [-0.1, -0.05) is 13.8 Å². The first-order valence-corrected chi connectivity index (χ1v) is 9.46. The lowest BCUT2D eigenvalue weighted by Crippen LogP contribution is -2.41. The minimum atomic E-state index is -0.0219. The van der Waals surface area contributed by atoms with Gasteiger partial charge in [0.15, 0.2) is 0 Å². The second kappa shape index (κ2) is 9.13. The van der Waals surface area contributed by atoms with E-state index in [2.05, 4.69) is 10.3 Å². The van der Waals surface area contributed by atoms with Crippen LogP contribution < -0.4 is 5.32 Å². The number of aromatic nitrogens is 1. The first-order chi connectivity index (χ1) is 11.5. The summed E-state index contributed by atoms with van der Waals surface area (Å²) in [5, 5.41) is 5.94. The normalized spacial score (nSPS) is 18.0. The Morgan fingerprint density at radius 3 is 3.00 bits per heavy atom. The molecule has 7 heteroatoms. The van der Waals surface area contributed by atoms with Gasteiger partial charge in [0.1, 0.15) is 6.61 Å². The van der Waals surface area contributed by atoms with Crippen molar-refractivity contribution in [3.63, 3.8) is 0 Å². The number of nitrogens with zero attached hydrogens (tertiary/aromatic N) is 2. The number of nitrogens with one attached hydrogen (secondary N) is 1. The molecule has 6 nitrogen and oxygen atoms in total. The topological polar surface area (TPSA) is 71.5 Å². The highest BCUT2D eigenvalue weighted by Crippen LogP contribution is 2.29. The molecule has 1 N–H and O–H groups in total. The van der Waals surface area contributed by atoms with E-state index in [1.165, 1.54) is 0 Å². The van der Waals surface area contributed by atoms with E-state index < -0.39 is 0 Å². The smallest absolute Gasteiger partial charge is 0.248 e. The zero-order chi connectivity index (χ0) is 17.5. The Morgan fingerprint density at radius 2 is 2.29 bits per heavy atom. The zero-order valence-electron chi connectivity index (χ0n) is 14.7. The Balaban J connectivity index is 1.89. The molecular formula is C17H27N3O3S. The molecule has 0 saturated carbocycles. The summed E-state index contributed by atoms with van der Waals surface area (Å²) >= 11 is 1.62. The van der Waals surface area contributed by atoms with E-state index in [-0.39, 0.29) is 30.3 Å². The maximum Gasteiger partial charge on any atom is 0.248 e. The summed E-state index contributed by atoms with van der Waals surface area (Å²) in [4.78, 5) is 30.3. The second-order valence-corrected chi connectivity index (χ2v) is 7.26. The van der Waals surface area contributed by atoms with Crippen molar-refractivity contribution in [2.24, 2.45) is 5.92 Å². The van der Waals surface area contributed by atoms with Crippen molar-refractivity contribution in [2.75, 3.05) is 26.3 Å². The minimum absolute atomic E-state index is 0.0219. The molecule has 2 rings (SSSR count). The number of carbonyl (C=O) groups is 2. The fourth-order valence-corrected chi connectivity index (χ4v) is 3.61. The summed E-state index contributed by atoms with van der Waals surface area (Å²) in [6.07, 6.45) is 2.03. The molecule has 1 fully saturated rings. The van der Waals surface area contributed by atoms with Gasteiger partial charge >= 0.3 is 0 Å². The molecule has 0 aliphatic carbocycles. The molecule has 0 spiro atoms. The van der Waals surface area contributed by atoms with E-state index >= 15 is 0 Å². The molecule has 2 heterocycles. The van der Waals surface area contributed by atoms with Gasteiger partial charge in [-0.25, -0.2) is 4.98 Å². The van der Waals surface area contributed by atoms with E-state index in [0.717, 1.165) is 30.1 Å². The lowest BCUT2D eigenvalue weighted by atomic mass is 9.98. The van der Waals surface area contributed by atoms with Crippen LogP contribution >= 0.6 is 11.3 Å². The Kier molecular flexibility index (Phi) is 7.17. The van der Waals surface area contributed by atoms with Crippen LogP contribution in [0.1, 0.15) is 50.2 Å². The van der Waals surface area contributed by atoms with Crippen LogP contribution in [0.15, 0.2) is 5.38 Å². The summed E-state index contributed by atoms with van der Waals surface area (Å²) in [5.74, 6) is 0.354. The third kappa shape index (κ3) is 5.27. The first-order valence-electron chi connectivity index (χ1n) is 8.58. The highest BCUT2D eigenvalue weighted by Gasteiger charge is 2.26. The standard InChI is InChI=1S/C17H27N3O3S/c1-4-23-10-15(21)20-7-5-6-13(9-20)17-19-14(11-24-17)8-18-16(22)12(2)3/h11-13H,4-10H2,1-3H3,(H,18,22). The van der Waals surface area contributed by atoms with Crippen LogP contribution in [-0.2, 0) is 20.9 Å². The number of hydrogen-bond donors (Lipinski definition) is 1. The van der Waals surface area contributed by atoms with E-state index in [4.69, 9.17) is 4.74 Å². The fraction of sp³-hybridized carbons (Fsp3) is 0.706. The Labute approximate surface area is 147 Å². The largest absolute Gasteiger partial charge is 0.372 e. The van der Waals surface area contributed by atoms with Gasteiger partial charge in [0.25, 0.3) is 0 Å². The molecular weight excluding hydrogens is 326 g/mol. The van der Waals surface area contributed by atoms with Crippen LogP contribution in [0.4, 0.5) is 0 Å². The highest BCUT2D eigenvalue weighted by atomic mass is 32.1. The van der Waals surface area contributed by atoms with Gasteiger partial charge in [0.05, 0.1) is 17.2 Å². The lowest BCUT2D eigenvalue weighted by Gasteiger charge is -2.31. The number of hydrogen-bond acceptors (Lipinski definition) is 5. The molecule has 134 valence electrons. The fourth-order valence-electron chi connectivity index (χ4n) is 2.66. The van der Waals surface area contributed by atoms with Gasteiger partial charge in [0.2, 0.25) is 11.8 Å². The molecule has 1 aromatic rings. The van der Waals surface area contributed by atoms with E-state index in [0.29, 0.717) is 19.7 Å². The number of piperidine rings is 1. The van der Waals surface area contributed by atoms with E-state index in [1.807, 2.05) is 31.1 Å². The monoisotopic (exact) mass is 353 g/mol. The predicted octanol–water partition coefficient (Wildman–Crippen LogP) is 2.16.